The Kier molecular flexibility index (Phi) is 6.94. The van der Waals surface area contributed by atoms with Gasteiger partial charge in [-0.05, 0) is 6.42 Å². The van der Waals surface area contributed by atoms with Crippen molar-refractivity contribution in [1.29, 1.82) is 0 Å². The number of carbonyl (C=O) groups excluding carboxylic acids is 1. The molecule has 1 aromatic rings. The van der Waals surface area contributed by atoms with Crippen LogP contribution in [0.15, 0.2) is 4.52 Å². The van der Waals surface area contributed by atoms with Crippen molar-refractivity contribution in [2.75, 3.05) is 5.75 Å². The predicted octanol–water partition coefficient (Wildman–Crippen LogP) is 0.845. The van der Waals surface area contributed by atoms with E-state index >= 15 is 0 Å². The topological polar surface area (TPSA) is 105 Å². The lowest BCUT2D eigenvalue weighted by molar-refractivity contribution is -0.139. The molecule has 1 atom stereocenters. The number of nitrogens with zero attached hydrogens (tertiary/aromatic N) is 2. The predicted molar refractivity (Wildman–Crippen MR) is 69.7 cm³/mol. The molecule has 0 aliphatic carbocycles. The molecule has 1 rings (SSSR count). The van der Waals surface area contributed by atoms with E-state index in [1.165, 1.54) is 11.8 Å². The molecule has 1 unspecified atom stereocenters. The van der Waals surface area contributed by atoms with Crippen LogP contribution in [0.2, 0.25) is 0 Å². The molecule has 0 bridgehead atoms. The van der Waals surface area contributed by atoms with E-state index in [1.54, 1.807) is 0 Å². The first-order valence-corrected chi connectivity index (χ1v) is 7.14. The average Bonchev–Trinajstić information content (AvgIpc) is 2.83. The number of hydrogen-bond acceptors (Lipinski definition) is 6. The Hall–Kier alpha value is -1.57. The van der Waals surface area contributed by atoms with E-state index in [1.807, 2.05) is 0 Å². The van der Waals surface area contributed by atoms with Crippen LogP contribution in [0.5, 0.6) is 0 Å². The Morgan fingerprint density at radius 1 is 1.63 bits per heavy atom. The van der Waals surface area contributed by atoms with E-state index in [9.17, 15) is 9.59 Å². The fraction of sp³-hybridized carbons (Fsp3) is 0.636. The number of aromatic nitrogens is 2. The van der Waals surface area contributed by atoms with Gasteiger partial charge in [-0.15, -0.1) is 11.8 Å². The number of thioether (sulfide) groups is 1. The van der Waals surface area contributed by atoms with Crippen LogP contribution in [-0.2, 0) is 21.8 Å². The molecule has 0 saturated carbocycles. The fourth-order valence-electron chi connectivity index (χ4n) is 1.32. The third kappa shape index (κ3) is 5.73. The molecule has 2 N–H and O–H groups in total. The molecule has 0 radical (unpaired) electrons. The molecular formula is C11H17N3O4S. The summed E-state index contributed by atoms with van der Waals surface area (Å²) in [6, 6.07) is -0.898. The SMILES string of the molecule is CCCCc1noc(CSCC(NC=O)C(=O)O)n1. The molecule has 1 aromatic heterocycles. The summed E-state index contributed by atoms with van der Waals surface area (Å²) < 4.78 is 5.04. The van der Waals surface area contributed by atoms with Crippen molar-refractivity contribution >= 4 is 24.1 Å². The van der Waals surface area contributed by atoms with Crippen molar-refractivity contribution in [2.45, 2.75) is 38.0 Å². The second-order valence-electron chi connectivity index (χ2n) is 3.90. The number of rotatable bonds is 10. The van der Waals surface area contributed by atoms with Gasteiger partial charge in [0.25, 0.3) is 0 Å². The zero-order valence-corrected chi connectivity index (χ0v) is 11.5. The maximum atomic E-state index is 10.8. The summed E-state index contributed by atoms with van der Waals surface area (Å²) in [6.45, 7) is 2.09. The zero-order valence-electron chi connectivity index (χ0n) is 10.7. The highest BCUT2D eigenvalue weighted by Crippen LogP contribution is 2.12. The maximum absolute atomic E-state index is 10.8. The number of carboxylic acids is 1. The van der Waals surface area contributed by atoms with E-state index in [0.717, 1.165) is 19.3 Å². The number of hydrogen-bond donors (Lipinski definition) is 2. The monoisotopic (exact) mass is 287 g/mol. The van der Waals surface area contributed by atoms with Gasteiger partial charge >= 0.3 is 5.97 Å². The largest absolute Gasteiger partial charge is 0.480 e. The van der Waals surface area contributed by atoms with Crippen LogP contribution in [0, 0.1) is 0 Å². The number of carboxylic acid groups (broad SMARTS) is 1. The lowest BCUT2D eigenvalue weighted by Crippen LogP contribution is -2.37. The van der Waals surface area contributed by atoms with Gasteiger partial charge in [0.1, 0.15) is 6.04 Å². The van der Waals surface area contributed by atoms with Crippen LogP contribution in [0.4, 0.5) is 0 Å². The van der Waals surface area contributed by atoms with Gasteiger partial charge in [-0.1, -0.05) is 18.5 Å². The van der Waals surface area contributed by atoms with Crippen LogP contribution >= 0.6 is 11.8 Å². The first kappa shape index (κ1) is 15.5. The molecule has 106 valence electrons. The fourth-order valence-corrected chi connectivity index (χ4v) is 2.21. The number of aryl methyl sites for hydroxylation is 1. The highest BCUT2D eigenvalue weighted by atomic mass is 32.2. The van der Waals surface area contributed by atoms with Gasteiger partial charge in [0, 0.05) is 12.2 Å². The third-order valence-corrected chi connectivity index (χ3v) is 3.36. The van der Waals surface area contributed by atoms with Gasteiger partial charge in [0.2, 0.25) is 12.3 Å². The summed E-state index contributed by atoms with van der Waals surface area (Å²) in [6.07, 6.45) is 3.25. The second kappa shape index (κ2) is 8.52. The molecule has 1 amide bonds. The smallest absolute Gasteiger partial charge is 0.327 e. The molecule has 0 saturated heterocycles. The number of aliphatic carboxylic acids is 1. The Morgan fingerprint density at radius 3 is 3.05 bits per heavy atom. The number of carbonyl (C=O) groups is 2. The number of unbranched alkanes of at least 4 members (excludes halogenated alkanes) is 1. The Balaban J connectivity index is 2.33. The van der Waals surface area contributed by atoms with Crippen LogP contribution in [0.25, 0.3) is 0 Å². The number of amides is 1. The lowest BCUT2D eigenvalue weighted by Gasteiger charge is -2.08. The summed E-state index contributed by atoms with van der Waals surface area (Å²) >= 11 is 1.32. The normalized spacial score (nSPS) is 12.1. The zero-order chi connectivity index (χ0) is 14.1. The van der Waals surface area contributed by atoms with Crippen molar-refractivity contribution in [2.24, 2.45) is 0 Å². The first-order valence-electron chi connectivity index (χ1n) is 5.99. The van der Waals surface area contributed by atoms with Crippen LogP contribution in [0.3, 0.4) is 0 Å². The van der Waals surface area contributed by atoms with E-state index in [4.69, 9.17) is 9.63 Å². The molecular weight excluding hydrogens is 270 g/mol. The van der Waals surface area contributed by atoms with E-state index in [2.05, 4.69) is 22.4 Å². The standard InChI is InChI=1S/C11H17N3O4S/c1-2-3-4-9-13-10(18-14-9)6-19-5-8(11(16)17)12-7-15/h7-8H,2-6H2,1H3,(H,12,15)(H,16,17). The highest BCUT2D eigenvalue weighted by Gasteiger charge is 2.16. The van der Waals surface area contributed by atoms with Crippen molar-refractivity contribution in [3.8, 4) is 0 Å². The Labute approximate surface area is 115 Å². The number of nitrogens with one attached hydrogen (secondary N) is 1. The molecule has 7 nitrogen and oxygen atoms in total. The van der Waals surface area contributed by atoms with E-state index in [0.29, 0.717) is 23.9 Å². The van der Waals surface area contributed by atoms with Gasteiger partial charge in [-0.3, -0.25) is 4.79 Å². The van der Waals surface area contributed by atoms with Gasteiger partial charge in [-0.2, -0.15) is 4.98 Å². The van der Waals surface area contributed by atoms with Crippen molar-refractivity contribution < 1.29 is 19.2 Å². The van der Waals surface area contributed by atoms with Crippen LogP contribution < -0.4 is 5.32 Å². The van der Waals surface area contributed by atoms with Crippen molar-refractivity contribution in [3.63, 3.8) is 0 Å². The van der Waals surface area contributed by atoms with Gasteiger partial charge in [0.15, 0.2) is 5.82 Å². The minimum Gasteiger partial charge on any atom is -0.480 e. The molecule has 8 heteroatoms. The maximum Gasteiger partial charge on any atom is 0.327 e. The Bertz CT molecular complexity index is 410. The summed E-state index contributed by atoms with van der Waals surface area (Å²) in [7, 11) is 0. The van der Waals surface area contributed by atoms with E-state index in [-0.39, 0.29) is 5.75 Å². The van der Waals surface area contributed by atoms with Gasteiger partial charge in [-0.25, -0.2) is 4.79 Å². The average molecular weight is 287 g/mol. The molecule has 0 aliphatic heterocycles. The molecule has 0 aliphatic rings. The van der Waals surface area contributed by atoms with Crippen LogP contribution in [-0.4, -0.2) is 39.4 Å². The summed E-state index contributed by atoms with van der Waals surface area (Å²) in [5, 5.41) is 14.9. The second-order valence-corrected chi connectivity index (χ2v) is 4.93. The quantitative estimate of drug-likeness (QED) is 0.614. The summed E-state index contributed by atoms with van der Waals surface area (Å²) in [5.41, 5.74) is 0. The van der Waals surface area contributed by atoms with Gasteiger partial charge in [0.05, 0.1) is 5.75 Å². The summed E-state index contributed by atoms with van der Waals surface area (Å²) in [4.78, 5) is 25.2. The lowest BCUT2D eigenvalue weighted by atomic mass is 10.2. The third-order valence-electron chi connectivity index (χ3n) is 2.34. The van der Waals surface area contributed by atoms with Crippen LogP contribution in [0.1, 0.15) is 31.5 Å². The molecule has 0 fully saturated rings. The van der Waals surface area contributed by atoms with Gasteiger partial charge < -0.3 is 14.9 Å². The molecule has 0 spiro atoms. The van der Waals surface area contributed by atoms with Crippen molar-refractivity contribution in [3.05, 3.63) is 11.7 Å². The van der Waals surface area contributed by atoms with Crippen molar-refractivity contribution in [1.82, 2.24) is 15.5 Å². The minimum absolute atomic E-state index is 0.251. The Morgan fingerprint density at radius 2 is 2.42 bits per heavy atom. The molecule has 0 aromatic carbocycles. The first-order chi connectivity index (χ1) is 9.17. The summed E-state index contributed by atoms with van der Waals surface area (Å²) in [5.74, 6) is 0.780. The molecule has 1 heterocycles. The minimum atomic E-state index is -1.06. The highest BCUT2D eigenvalue weighted by molar-refractivity contribution is 7.98. The van der Waals surface area contributed by atoms with E-state index < -0.39 is 12.0 Å². The molecule has 19 heavy (non-hydrogen) atoms.